The van der Waals surface area contributed by atoms with E-state index in [2.05, 4.69) is 16.9 Å². The van der Waals surface area contributed by atoms with Crippen LogP contribution in [0.5, 0.6) is 0 Å². The van der Waals surface area contributed by atoms with Crippen LogP contribution in [0.1, 0.15) is 76.2 Å². The van der Waals surface area contributed by atoms with E-state index in [1.54, 1.807) is 0 Å². The van der Waals surface area contributed by atoms with Gasteiger partial charge in [-0.3, -0.25) is 0 Å². The van der Waals surface area contributed by atoms with Crippen LogP contribution in [0.15, 0.2) is 6.20 Å². The van der Waals surface area contributed by atoms with Crippen molar-refractivity contribution in [1.82, 2.24) is 9.97 Å². The maximum absolute atomic E-state index is 5.52. The first-order valence-corrected chi connectivity index (χ1v) is 8.09. The number of hydrogen-bond acceptors (Lipinski definition) is 2. The molecule has 1 aromatic heterocycles. The molecule has 0 radical (unpaired) electrons. The molecule has 0 unspecified atom stereocenters. The van der Waals surface area contributed by atoms with Crippen LogP contribution in [-0.2, 0) is 12.8 Å². The molecule has 3 N–H and O–H groups in total. The molecule has 0 aromatic carbocycles. The Morgan fingerprint density at radius 1 is 0.947 bits per heavy atom. The number of unbranched alkanes of at least 4 members (excludes halogenated alkanes) is 8. The van der Waals surface area contributed by atoms with Crippen LogP contribution in [0.25, 0.3) is 0 Å². The monoisotopic (exact) mass is 265 g/mol. The Bertz CT molecular complexity index is 307. The van der Waals surface area contributed by atoms with Crippen molar-refractivity contribution < 1.29 is 0 Å². The number of aryl methyl sites for hydroxylation is 1. The van der Waals surface area contributed by atoms with E-state index in [0.717, 1.165) is 18.7 Å². The van der Waals surface area contributed by atoms with Gasteiger partial charge in [0.2, 0.25) is 0 Å². The number of rotatable bonds is 12. The van der Waals surface area contributed by atoms with Gasteiger partial charge in [0.05, 0.1) is 0 Å². The first-order chi connectivity index (χ1) is 9.36. The molecule has 0 aliphatic carbocycles. The third-order valence-electron chi connectivity index (χ3n) is 3.61. The van der Waals surface area contributed by atoms with Gasteiger partial charge in [-0.1, -0.05) is 58.3 Å². The van der Waals surface area contributed by atoms with E-state index in [1.165, 1.54) is 63.5 Å². The minimum absolute atomic E-state index is 0.694. The van der Waals surface area contributed by atoms with Gasteiger partial charge in [0.15, 0.2) is 0 Å². The van der Waals surface area contributed by atoms with Gasteiger partial charge in [0.25, 0.3) is 0 Å². The molecule has 3 heteroatoms. The molecule has 0 amide bonds. The Kier molecular flexibility index (Phi) is 9.42. The van der Waals surface area contributed by atoms with Gasteiger partial charge in [-0.15, -0.1) is 0 Å². The molecule has 1 aromatic rings. The van der Waals surface area contributed by atoms with Crippen molar-refractivity contribution in [3.63, 3.8) is 0 Å². The highest BCUT2D eigenvalue weighted by molar-refractivity contribution is 5.01. The van der Waals surface area contributed by atoms with Crippen LogP contribution in [0.4, 0.5) is 0 Å². The van der Waals surface area contributed by atoms with E-state index in [0.29, 0.717) is 6.54 Å². The number of nitrogens with zero attached hydrogens (tertiary/aromatic N) is 1. The fourth-order valence-corrected chi connectivity index (χ4v) is 2.42. The largest absolute Gasteiger partial charge is 0.346 e. The number of aromatic nitrogens is 2. The lowest BCUT2D eigenvalue weighted by Crippen LogP contribution is -2.02. The lowest BCUT2D eigenvalue weighted by Gasteiger charge is -2.01. The third kappa shape index (κ3) is 8.04. The molecule has 1 rings (SSSR count). The molecule has 0 bridgehead atoms. The zero-order chi connectivity index (χ0) is 13.8. The normalized spacial score (nSPS) is 11.1. The van der Waals surface area contributed by atoms with Gasteiger partial charge >= 0.3 is 0 Å². The maximum atomic E-state index is 5.52. The maximum Gasteiger partial charge on any atom is 0.106 e. The minimum Gasteiger partial charge on any atom is -0.346 e. The SMILES string of the molecule is CCCCCCCCCCCc1ncc(CCN)[nH]1. The first kappa shape index (κ1) is 16.2. The number of aromatic amines is 1. The molecule has 0 saturated heterocycles. The van der Waals surface area contributed by atoms with E-state index >= 15 is 0 Å². The molecule has 0 atom stereocenters. The summed E-state index contributed by atoms with van der Waals surface area (Å²) in [5.74, 6) is 1.13. The van der Waals surface area contributed by atoms with Crippen LogP contribution in [0.2, 0.25) is 0 Å². The van der Waals surface area contributed by atoms with Crippen molar-refractivity contribution in [3.05, 3.63) is 17.7 Å². The molecule has 0 fully saturated rings. The second-order valence-corrected chi connectivity index (χ2v) is 5.47. The van der Waals surface area contributed by atoms with Gasteiger partial charge < -0.3 is 10.7 Å². The van der Waals surface area contributed by atoms with Gasteiger partial charge in [0.1, 0.15) is 5.82 Å². The molecule has 0 saturated carbocycles. The molecule has 19 heavy (non-hydrogen) atoms. The van der Waals surface area contributed by atoms with E-state index in [-0.39, 0.29) is 0 Å². The summed E-state index contributed by atoms with van der Waals surface area (Å²) in [6.45, 7) is 2.97. The van der Waals surface area contributed by atoms with Gasteiger partial charge in [0, 0.05) is 24.7 Å². The number of nitrogens with one attached hydrogen (secondary N) is 1. The Labute approximate surface area is 118 Å². The second-order valence-electron chi connectivity index (χ2n) is 5.47. The summed E-state index contributed by atoms with van der Waals surface area (Å²) in [7, 11) is 0. The minimum atomic E-state index is 0.694. The smallest absolute Gasteiger partial charge is 0.106 e. The zero-order valence-electron chi connectivity index (χ0n) is 12.6. The number of H-pyrrole nitrogens is 1. The summed E-state index contributed by atoms with van der Waals surface area (Å²) >= 11 is 0. The van der Waals surface area contributed by atoms with E-state index < -0.39 is 0 Å². The summed E-state index contributed by atoms with van der Waals surface area (Å²) < 4.78 is 0. The summed E-state index contributed by atoms with van der Waals surface area (Å²) in [5, 5.41) is 0. The van der Waals surface area contributed by atoms with Crippen molar-refractivity contribution in [1.29, 1.82) is 0 Å². The van der Waals surface area contributed by atoms with E-state index in [1.807, 2.05) is 6.20 Å². The molecular weight excluding hydrogens is 234 g/mol. The molecule has 0 spiro atoms. The lowest BCUT2D eigenvalue weighted by molar-refractivity contribution is 0.562. The Hall–Kier alpha value is -0.830. The summed E-state index contributed by atoms with van der Waals surface area (Å²) in [6.07, 6.45) is 16.3. The number of nitrogens with two attached hydrogens (primary N) is 1. The molecule has 3 nitrogen and oxygen atoms in total. The van der Waals surface area contributed by atoms with E-state index in [4.69, 9.17) is 5.73 Å². The predicted octanol–water partition coefficient (Wildman–Crippen LogP) is 3.98. The highest BCUT2D eigenvalue weighted by atomic mass is 14.9. The van der Waals surface area contributed by atoms with Gasteiger partial charge in [-0.2, -0.15) is 0 Å². The van der Waals surface area contributed by atoms with Crippen molar-refractivity contribution in [2.75, 3.05) is 6.54 Å². The fourth-order valence-electron chi connectivity index (χ4n) is 2.42. The summed E-state index contributed by atoms with van der Waals surface area (Å²) in [4.78, 5) is 7.74. The van der Waals surface area contributed by atoms with Crippen molar-refractivity contribution in [2.45, 2.75) is 77.6 Å². The third-order valence-corrected chi connectivity index (χ3v) is 3.61. The highest BCUT2D eigenvalue weighted by Crippen LogP contribution is 2.11. The van der Waals surface area contributed by atoms with Crippen LogP contribution >= 0.6 is 0 Å². The van der Waals surface area contributed by atoms with Crippen LogP contribution < -0.4 is 5.73 Å². The fraction of sp³-hybridized carbons (Fsp3) is 0.812. The predicted molar refractivity (Wildman–Crippen MR) is 82.3 cm³/mol. The van der Waals surface area contributed by atoms with Crippen molar-refractivity contribution in [3.8, 4) is 0 Å². The van der Waals surface area contributed by atoms with Crippen LogP contribution in [-0.4, -0.2) is 16.5 Å². The quantitative estimate of drug-likeness (QED) is 0.562. The highest BCUT2D eigenvalue weighted by Gasteiger charge is 2.00. The standard InChI is InChI=1S/C16H31N3/c1-2-3-4-5-6-7-8-9-10-11-16-18-14-15(19-16)12-13-17/h14H,2-13,17H2,1H3,(H,18,19). The molecular formula is C16H31N3. The van der Waals surface area contributed by atoms with Crippen molar-refractivity contribution >= 4 is 0 Å². The van der Waals surface area contributed by atoms with Crippen LogP contribution in [0, 0.1) is 0 Å². The Morgan fingerprint density at radius 3 is 2.21 bits per heavy atom. The lowest BCUT2D eigenvalue weighted by atomic mass is 10.1. The van der Waals surface area contributed by atoms with Crippen LogP contribution in [0.3, 0.4) is 0 Å². The number of hydrogen-bond donors (Lipinski definition) is 2. The molecule has 0 aliphatic heterocycles. The molecule has 0 aliphatic rings. The molecule has 110 valence electrons. The zero-order valence-corrected chi connectivity index (χ0v) is 12.6. The number of imidazole rings is 1. The Morgan fingerprint density at radius 2 is 1.58 bits per heavy atom. The van der Waals surface area contributed by atoms with Gasteiger partial charge in [-0.05, 0) is 13.0 Å². The Balaban J connectivity index is 1.92. The molecule has 1 heterocycles. The van der Waals surface area contributed by atoms with E-state index in [9.17, 15) is 0 Å². The second kappa shape index (κ2) is 11.0. The average molecular weight is 265 g/mol. The summed E-state index contributed by atoms with van der Waals surface area (Å²) in [6, 6.07) is 0. The topological polar surface area (TPSA) is 54.7 Å². The first-order valence-electron chi connectivity index (χ1n) is 8.09. The van der Waals surface area contributed by atoms with Crippen molar-refractivity contribution in [2.24, 2.45) is 5.73 Å². The summed E-state index contributed by atoms with van der Waals surface area (Å²) in [5.41, 5.74) is 6.69. The average Bonchev–Trinajstić information content (AvgIpc) is 2.85. The van der Waals surface area contributed by atoms with Gasteiger partial charge in [-0.25, -0.2) is 4.98 Å².